The highest BCUT2D eigenvalue weighted by Crippen LogP contribution is 2.22. The first-order valence-corrected chi connectivity index (χ1v) is 8.39. The van der Waals surface area contributed by atoms with E-state index in [1.807, 2.05) is 0 Å². The molecule has 1 aromatic carbocycles. The number of benzene rings is 1. The lowest BCUT2D eigenvalue weighted by Gasteiger charge is -2.03. The molecule has 8 heteroatoms. The smallest absolute Gasteiger partial charge is 0.303 e. The van der Waals surface area contributed by atoms with Crippen LogP contribution >= 0.6 is 0 Å². The first kappa shape index (κ1) is 16.0. The summed E-state index contributed by atoms with van der Waals surface area (Å²) in [7, 11) is -1.75. The molecule has 1 aromatic heterocycles. The van der Waals surface area contributed by atoms with E-state index in [1.54, 1.807) is 19.2 Å². The third kappa shape index (κ3) is 3.28. The molecule has 0 fully saturated rings. The molecule has 2 aromatic rings. The Labute approximate surface area is 127 Å². The number of aromatic amines is 1. The average Bonchev–Trinajstić information content (AvgIpc) is 2.72. The summed E-state index contributed by atoms with van der Waals surface area (Å²) < 4.78 is 24.2. The zero-order valence-electron chi connectivity index (χ0n) is 12.2. The summed E-state index contributed by atoms with van der Waals surface area (Å²) in [6.07, 6.45) is 1.07. The molecule has 0 saturated carbocycles. The number of sulfone groups is 1. The molecule has 0 bridgehead atoms. The van der Waals surface area contributed by atoms with Gasteiger partial charge in [0.15, 0.2) is 9.84 Å². The van der Waals surface area contributed by atoms with Gasteiger partial charge in [0.25, 0.3) is 5.56 Å². The highest BCUT2D eigenvalue weighted by molar-refractivity contribution is 7.90. The third-order valence-electron chi connectivity index (χ3n) is 3.30. The topological polar surface area (TPSA) is 109 Å². The Morgan fingerprint density at radius 3 is 2.36 bits per heavy atom. The average molecular weight is 324 g/mol. The quantitative estimate of drug-likeness (QED) is 0.845. The summed E-state index contributed by atoms with van der Waals surface area (Å²) in [4.78, 5) is 22.9. The Hall–Kier alpha value is -2.35. The highest BCUT2D eigenvalue weighted by atomic mass is 32.2. The molecule has 1 heterocycles. The summed E-state index contributed by atoms with van der Waals surface area (Å²) in [5.41, 5.74) is 1.22. The Balaban J connectivity index is 2.46. The second-order valence-electron chi connectivity index (χ2n) is 5.02. The Morgan fingerprint density at radius 1 is 1.27 bits per heavy atom. The van der Waals surface area contributed by atoms with E-state index >= 15 is 0 Å². The van der Waals surface area contributed by atoms with Gasteiger partial charge in [-0.25, -0.2) is 8.42 Å². The first-order chi connectivity index (χ1) is 10.2. The van der Waals surface area contributed by atoms with Crippen molar-refractivity contribution in [3.05, 3.63) is 40.2 Å². The second-order valence-corrected chi connectivity index (χ2v) is 7.04. The molecular formula is C14H16N2O5S. The van der Waals surface area contributed by atoms with Gasteiger partial charge in [-0.3, -0.25) is 19.4 Å². The number of rotatable bonds is 5. The number of nitrogens with zero attached hydrogens (tertiary/aromatic N) is 1. The molecule has 0 aliphatic rings. The van der Waals surface area contributed by atoms with E-state index in [2.05, 4.69) is 5.10 Å². The highest BCUT2D eigenvalue weighted by Gasteiger charge is 2.16. The van der Waals surface area contributed by atoms with Gasteiger partial charge >= 0.3 is 5.97 Å². The number of aliphatic carboxylic acids is 1. The van der Waals surface area contributed by atoms with Crippen LogP contribution in [0.25, 0.3) is 11.3 Å². The van der Waals surface area contributed by atoms with Crippen molar-refractivity contribution < 1.29 is 18.3 Å². The predicted molar refractivity (Wildman–Crippen MR) is 80.5 cm³/mol. The normalized spacial score (nSPS) is 11.5. The molecule has 0 spiro atoms. The second kappa shape index (κ2) is 5.80. The van der Waals surface area contributed by atoms with Crippen molar-refractivity contribution in [1.29, 1.82) is 0 Å². The van der Waals surface area contributed by atoms with Gasteiger partial charge < -0.3 is 5.11 Å². The van der Waals surface area contributed by atoms with Gasteiger partial charge in [0, 0.05) is 25.3 Å². The zero-order valence-corrected chi connectivity index (χ0v) is 13.0. The SMILES string of the molecule is Cn1[nH]c(-c2ccc(S(C)(=O)=O)cc2)c(CCC(=O)O)c1=O. The number of aryl methyl sites for hydroxylation is 1. The molecule has 0 radical (unpaired) electrons. The van der Waals surface area contributed by atoms with Crippen LogP contribution in [0.1, 0.15) is 12.0 Å². The van der Waals surface area contributed by atoms with Gasteiger partial charge in [-0.2, -0.15) is 0 Å². The van der Waals surface area contributed by atoms with E-state index in [4.69, 9.17) is 5.11 Å². The molecule has 2 N–H and O–H groups in total. The standard InChI is InChI=1S/C14H16N2O5S/c1-16-14(19)11(7-8-12(17)18)13(15-16)9-3-5-10(6-4-9)22(2,20)21/h3-6,15H,7-8H2,1-2H3,(H,17,18). The van der Waals surface area contributed by atoms with Gasteiger partial charge in [0.2, 0.25) is 0 Å². The van der Waals surface area contributed by atoms with Crippen molar-refractivity contribution in [1.82, 2.24) is 9.78 Å². The van der Waals surface area contributed by atoms with E-state index in [-0.39, 0.29) is 23.3 Å². The van der Waals surface area contributed by atoms with Gasteiger partial charge in [-0.1, -0.05) is 12.1 Å². The third-order valence-corrected chi connectivity index (χ3v) is 4.43. The van der Waals surface area contributed by atoms with E-state index in [0.29, 0.717) is 16.8 Å². The molecule has 0 aliphatic heterocycles. The maximum Gasteiger partial charge on any atom is 0.303 e. The summed E-state index contributed by atoms with van der Waals surface area (Å²) in [6.45, 7) is 0. The largest absolute Gasteiger partial charge is 0.481 e. The van der Waals surface area contributed by atoms with Gasteiger partial charge in [-0.15, -0.1) is 0 Å². The van der Waals surface area contributed by atoms with Crippen LogP contribution in [0.2, 0.25) is 0 Å². The number of hydrogen-bond donors (Lipinski definition) is 2. The molecule has 0 atom stereocenters. The molecule has 0 aliphatic carbocycles. The lowest BCUT2D eigenvalue weighted by Crippen LogP contribution is -2.16. The monoisotopic (exact) mass is 324 g/mol. The summed E-state index contributed by atoms with van der Waals surface area (Å²) in [5, 5.41) is 11.6. The number of carbonyl (C=O) groups is 1. The zero-order chi connectivity index (χ0) is 16.5. The van der Waals surface area contributed by atoms with Crippen molar-refractivity contribution in [2.45, 2.75) is 17.7 Å². The van der Waals surface area contributed by atoms with Crippen LogP contribution < -0.4 is 5.56 Å². The Bertz CT molecular complexity index is 860. The lowest BCUT2D eigenvalue weighted by atomic mass is 10.0. The number of nitrogens with one attached hydrogen (secondary N) is 1. The van der Waals surface area contributed by atoms with Gasteiger partial charge in [0.1, 0.15) is 0 Å². The van der Waals surface area contributed by atoms with Crippen LogP contribution in [0.15, 0.2) is 34.0 Å². The molecule has 0 unspecified atom stereocenters. The fraction of sp³-hybridized carbons (Fsp3) is 0.286. The lowest BCUT2D eigenvalue weighted by molar-refractivity contribution is -0.136. The first-order valence-electron chi connectivity index (χ1n) is 6.50. The fourth-order valence-electron chi connectivity index (χ4n) is 2.17. The molecule has 118 valence electrons. The minimum atomic E-state index is -3.29. The van der Waals surface area contributed by atoms with Crippen molar-refractivity contribution in [3.63, 3.8) is 0 Å². The predicted octanol–water partition coefficient (Wildman–Crippen LogP) is 0.801. The Kier molecular flexibility index (Phi) is 4.23. The molecule has 0 amide bonds. The molecule has 7 nitrogen and oxygen atoms in total. The van der Waals surface area contributed by atoms with E-state index in [1.165, 1.54) is 16.8 Å². The number of carboxylic acids is 1. The van der Waals surface area contributed by atoms with Crippen LogP contribution in [-0.4, -0.2) is 35.5 Å². The maximum absolute atomic E-state index is 12.0. The van der Waals surface area contributed by atoms with Crippen molar-refractivity contribution in [2.24, 2.45) is 7.05 Å². The van der Waals surface area contributed by atoms with Crippen LogP contribution in [0.4, 0.5) is 0 Å². The summed E-state index contributed by atoms with van der Waals surface area (Å²) in [6, 6.07) is 6.09. The number of aromatic nitrogens is 2. The van der Waals surface area contributed by atoms with Gasteiger partial charge in [-0.05, 0) is 24.1 Å². The summed E-state index contributed by atoms with van der Waals surface area (Å²) >= 11 is 0. The Morgan fingerprint density at radius 2 is 1.86 bits per heavy atom. The van der Waals surface area contributed by atoms with Crippen molar-refractivity contribution in [2.75, 3.05) is 6.26 Å². The number of hydrogen-bond acceptors (Lipinski definition) is 4. The fourth-order valence-corrected chi connectivity index (χ4v) is 2.80. The van der Waals surface area contributed by atoms with E-state index in [9.17, 15) is 18.0 Å². The molecular weight excluding hydrogens is 308 g/mol. The minimum absolute atomic E-state index is 0.106. The minimum Gasteiger partial charge on any atom is -0.481 e. The maximum atomic E-state index is 12.0. The number of carboxylic acid groups (broad SMARTS) is 1. The van der Waals surface area contributed by atoms with Crippen LogP contribution in [0, 0.1) is 0 Å². The number of H-pyrrole nitrogens is 1. The summed E-state index contributed by atoms with van der Waals surface area (Å²) in [5.74, 6) is -0.985. The van der Waals surface area contributed by atoms with Crippen LogP contribution in [-0.2, 0) is 28.1 Å². The molecule has 0 saturated heterocycles. The van der Waals surface area contributed by atoms with E-state index in [0.717, 1.165) is 6.26 Å². The molecule has 22 heavy (non-hydrogen) atoms. The van der Waals surface area contributed by atoms with Gasteiger partial charge in [0.05, 0.1) is 10.6 Å². The van der Waals surface area contributed by atoms with Crippen LogP contribution in [0.3, 0.4) is 0 Å². The van der Waals surface area contributed by atoms with Crippen LogP contribution in [0.5, 0.6) is 0 Å². The van der Waals surface area contributed by atoms with E-state index < -0.39 is 15.8 Å². The van der Waals surface area contributed by atoms with Crippen molar-refractivity contribution in [3.8, 4) is 11.3 Å². The molecule has 2 rings (SSSR count). The van der Waals surface area contributed by atoms with Crippen molar-refractivity contribution >= 4 is 15.8 Å².